The van der Waals surface area contributed by atoms with Gasteiger partial charge >= 0.3 is 0 Å². The van der Waals surface area contributed by atoms with Crippen LogP contribution in [0, 0.1) is 0 Å². The molecule has 96 valence electrons. The van der Waals surface area contributed by atoms with E-state index >= 15 is 0 Å². The van der Waals surface area contributed by atoms with Crippen molar-refractivity contribution in [2.45, 2.75) is 45.1 Å². The van der Waals surface area contributed by atoms with E-state index in [9.17, 15) is 5.11 Å². The Morgan fingerprint density at radius 2 is 2.24 bits per heavy atom. The summed E-state index contributed by atoms with van der Waals surface area (Å²) >= 11 is 3.57. The minimum atomic E-state index is -0.713. The number of hydrogen-bond acceptors (Lipinski definition) is 2. The number of rotatable bonds is 6. The molecule has 0 saturated heterocycles. The molecule has 17 heavy (non-hydrogen) atoms. The summed E-state index contributed by atoms with van der Waals surface area (Å²) in [4.78, 5) is 0. The van der Waals surface area contributed by atoms with Crippen LogP contribution in [-0.4, -0.2) is 20.5 Å². The number of aryl methyl sites for hydroxylation is 2. The second kappa shape index (κ2) is 5.83. The monoisotopic (exact) mass is 300 g/mol. The highest BCUT2D eigenvalue weighted by molar-refractivity contribution is 9.10. The van der Waals surface area contributed by atoms with Gasteiger partial charge in [-0.15, -0.1) is 6.58 Å². The van der Waals surface area contributed by atoms with Crippen LogP contribution in [0.2, 0.25) is 0 Å². The fourth-order valence-corrected chi connectivity index (χ4v) is 2.63. The van der Waals surface area contributed by atoms with Crippen molar-refractivity contribution < 1.29 is 5.11 Å². The van der Waals surface area contributed by atoms with Gasteiger partial charge in [0.15, 0.2) is 0 Å². The van der Waals surface area contributed by atoms with Crippen molar-refractivity contribution in [2.75, 3.05) is 0 Å². The average molecular weight is 301 g/mol. The molecule has 0 spiro atoms. The van der Waals surface area contributed by atoms with E-state index in [0.29, 0.717) is 6.42 Å². The maximum absolute atomic E-state index is 10.3. The molecule has 0 saturated carbocycles. The fourth-order valence-electron chi connectivity index (χ4n) is 1.87. The van der Waals surface area contributed by atoms with E-state index in [1.165, 1.54) is 0 Å². The zero-order chi connectivity index (χ0) is 13.1. The molecule has 0 amide bonds. The summed E-state index contributed by atoms with van der Waals surface area (Å²) in [6.45, 7) is 7.62. The lowest BCUT2D eigenvalue weighted by molar-refractivity contribution is 0.0503. The number of hydrogen-bond donors (Lipinski definition) is 1. The van der Waals surface area contributed by atoms with Gasteiger partial charge in [0.25, 0.3) is 0 Å². The van der Waals surface area contributed by atoms with Gasteiger partial charge in [0, 0.05) is 13.5 Å². The van der Waals surface area contributed by atoms with Gasteiger partial charge < -0.3 is 5.11 Å². The van der Waals surface area contributed by atoms with Crippen molar-refractivity contribution in [3.63, 3.8) is 0 Å². The van der Waals surface area contributed by atoms with E-state index in [-0.39, 0.29) is 0 Å². The first-order valence-corrected chi connectivity index (χ1v) is 6.74. The smallest absolute Gasteiger partial charge is 0.0766 e. The highest BCUT2D eigenvalue weighted by Gasteiger charge is 2.24. The molecule has 0 aliphatic heterocycles. The lowest BCUT2D eigenvalue weighted by Gasteiger charge is -2.22. The standard InChI is InChI=1S/C13H21BrN2O/c1-5-7-8-13(3,17)9-11-12(14)10(6-2)15-16(11)4/h5,17H,1,6-9H2,2-4H3. The third-order valence-corrected chi connectivity index (χ3v) is 3.85. The van der Waals surface area contributed by atoms with Crippen LogP contribution in [0.5, 0.6) is 0 Å². The van der Waals surface area contributed by atoms with Gasteiger partial charge in [0.05, 0.1) is 21.5 Å². The molecule has 1 aromatic heterocycles. The van der Waals surface area contributed by atoms with Crippen LogP contribution in [0.3, 0.4) is 0 Å². The van der Waals surface area contributed by atoms with Crippen LogP contribution in [0.15, 0.2) is 17.1 Å². The van der Waals surface area contributed by atoms with E-state index in [0.717, 1.165) is 35.1 Å². The second-order valence-electron chi connectivity index (χ2n) is 4.69. The molecule has 0 fully saturated rings. The molecule has 1 unspecified atom stereocenters. The Balaban J connectivity index is 2.87. The van der Waals surface area contributed by atoms with E-state index in [2.05, 4.69) is 34.5 Å². The van der Waals surface area contributed by atoms with E-state index in [1.807, 2.05) is 24.7 Å². The molecule has 1 aromatic rings. The van der Waals surface area contributed by atoms with Gasteiger partial charge in [0.2, 0.25) is 0 Å². The Hall–Kier alpha value is -0.610. The van der Waals surface area contributed by atoms with Crippen LogP contribution in [0.25, 0.3) is 0 Å². The van der Waals surface area contributed by atoms with Crippen molar-refractivity contribution >= 4 is 15.9 Å². The SMILES string of the molecule is C=CCCC(C)(O)Cc1c(Br)c(CC)nn1C. The second-order valence-corrected chi connectivity index (χ2v) is 5.48. The Bertz CT molecular complexity index is 396. The predicted octanol–water partition coefficient (Wildman–Crippen LogP) is 3.00. The summed E-state index contributed by atoms with van der Waals surface area (Å²) < 4.78 is 2.88. The van der Waals surface area contributed by atoms with Crippen LogP contribution in [0.4, 0.5) is 0 Å². The summed E-state index contributed by atoms with van der Waals surface area (Å²) in [6, 6.07) is 0. The number of aliphatic hydroxyl groups is 1. The molecule has 1 N–H and O–H groups in total. The quantitative estimate of drug-likeness (QED) is 0.820. The third-order valence-electron chi connectivity index (χ3n) is 2.94. The van der Waals surface area contributed by atoms with E-state index < -0.39 is 5.60 Å². The maximum atomic E-state index is 10.3. The molecule has 4 heteroatoms. The van der Waals surface area contributed by atoms with Crippen molar-refractivity contribution in [3.8, 4) is 0 Å². The Labute approximate surface area is 112 Å². The molecule has 1 rings (SSSR count). The predicted molar refractivity (Wildman–Crippen MR) is 74.0 cm³/mol. The zero-order valence-corrected chi connectivity index (χ0v) is 12.4. The Morgan fingerprint density at radius 1 is 1.59 bits per heavy atom. The molecule has 1 heterocycles. The molecule has 0 aliphatic carbocycles. The molecule has 0 bridgehead atoms. The summed E-state index contributed by atoms with van der Waals surface area (Å²) in [5.74, 6) is 0. The van der Waals surface area contributed by atoms with Gasteiger partial charge in [-0.05, 0) is 42.1 Å². The van der Waals surface area contributed by atoms with E-state index in [4.69, 9.17) is 0 Å². The number of halogens is 1. The first kappa shape index (κ1) is 14.5. The largest absolute Gasteiger partial charge is 0.390 e. The minimum absolute atomic E-state index is 0.602. The van der Waals surface area contributed by atoms with Gasteiger partial charge in [0.1, 0.15) is 0 Å². The van der Waals surface area contributed by atoms with Crippen molar-refractivity contribution in [3.05, 3.63) is 28.5 Å². The topological polar surface area (TPSA) is 38.1 Å². The summed E-state index contributed by atoms with van der Waals surface area (Å²) in [7, 11) is 1.92. The first-order chi connectivity index (χ1) is 7.91. The van der Waals surface area contributed by atoms with Crippen molar-refractivity contribution in [1.29, 1.82) is 0 Å². The highest BCUT2D eigenvalue weighted by Crippen LogP contribution is 2.27. The molecule has 0 aliphatic rings. The van der Waals surface area contributed by atoms with Gasteiger partial charge in [-0.2, -0.15) is 5.10 Å². The van der Waals surface area contributed by atoms with E-state index in [1.54, 1.807) is 0 Å². The van der Waals surface area contributed by atoms with Gasteiger partial charge in [-0.1, -0.05) is 13.0 Å². The molecule has 1 atom stereocenters. The normalized spacial score (nSPS) is 14.6. The Morgan fingerprint density at radius 3 is 2.71 bits per heavy atom. The molecule has 0 radical (unpaired) electrons. The van der Waals surface area contributed by atoms with Gasteiger partial charge in [-0.25, -0.2) is 0 Å². The summed E-state index contributed by atoms with van der Waals surface area (Å²) in [5, 5.41) is 14.8. The molecular weight excluding hydrogens is 280 g/mol. The average Bonchev–Trinajstić information content (AvgIpc) is 2.53. The maximum Gasteiger partial charge on any atom is 0.0766 e. The lowest BCUT2D eigenvalue weighted by atomic mass is 9.94. The molecule has 3 nitrogen and oxygen atoms in total. The summed E-state index contributed by atoms with van der Waals surface area (Å²) in [6.07, 6.45) is 4.87. The minimum Gasteiger partial charge on any atom is -0.390 e. The summed E-state index contributed by atoms with van der Waals surface area (Å²) in [5.41, 5.74) is 1.38. The number of allylic oxidation sites excluding steroid dienone is 1. The van der Waals surface area contributed by atoms with Crippen LogP contribution in [-0.2, 0) is 19.9 Å². The van der Waals surface area contributed by atoms with Crippen LogP contribution in [0.1, 0.15) is 38.1 Å². The molecule has 0 aromatic carbocycles. The van der Waals surface area contributed by atoms with Crippen molar-refractivity contribution in [1.82, 2.24) is 9.78 Å². The zero-order valence-electron chi connectivity index (χ0n) is 10.8. The molecular formula is C13H21BrN2O. The lowest BCUT2D eigenvalue weighted by Crippen LogP contribution is -2.28. The number of nitrogens with zero attached hydrogens (tertiary/aromatic N) is 2. The first-order valence-electron chi connectivity index (χ1n) is 5.94. The van der Waals surface area contributed by atoms with Crippen molar-refractivity contribution in [2.24, 2.45) is 7.05 Å². The van der Waals surface area contributed by atoms with Crippen LogP contribution >= 0.6 is 15.9 Å². The fraction of sp³-hybridized carbons (Fsp3) is 0.615. The number of aromatic nitrogens is 2. The highest BCUT2D eigenvalue weighted by atomic mass is 79.9. The third kappa shape index (κ3) is 3.68. The Kier molecular flexibility index (Phi) is 4.95. The van der Waals surface area contributed by atoms with Gasteiger partial charge in [-0.3, -0.25) is 4.68 Å². The van der Waals surface area contributed by atoms with Crippen LogP contribution < -0.4 is 0 Å².